The normalized spacial score (nSPS) is 30.2. The second-order valence-electron chi connectivity index (χ2n) is 9.79. The van der Waals surface area contributed by atoms with Crippen molar-refractivity contribution in [3.63, 3.8) is 0 Å². The van der Waals surface area contributed by atoms with Gasteiger partial charge in [0.05, 0.1) is 6.61 Å². The van der Waals surface area contributed by atoms with Gasteiger partial charge in [-0.1, -0.05) is 52.0 Å². The fraction of sp³-hybridized carbons (Fsp3) is 0.609. The number of ether oxygens (including phenoxy) is 2. The van der Waals surface area contributed by atoms with E-state index in [0.29, 0.717) is 18.7 Å². The molecule has 2 aliphatic rings. The van der Waals surface area contributed by atoms with Crippen molar-refractivity contribution in [2.45, 2.75) is 69.7 Å². The van der Waals surface area contributed by atoms with E-state index in [-0.39, 0.29) is 35.2 Å². The van der Waals surface area contributed by atoms with Crippen LogP contribution in [0.2, 0.25) is 18.1 Å². The van der Waals surface area contributed by atoms with Gasteiger partial charge in [-0.25, -0.2) is 0 Å². The molecule has 29 heavy (non-hydrogen) atoms. The average molecular weight is 418 g/mol. The molecule has 6 heteroatoms. The number of nitrogens with one attached hydrogen (secondary N) is 1. The maximum atomic E-state index is 12.5. The summed E-state index contributed by atoms with van der Waals surface area (Å²) >= 11 is 0. The molecule has 0 saturated carbocycles. The zero-order valence-corrected chi connectivity index (χ0v) is 19.5. The fourth-order valence-corrected chi connectivity index (χ4v) is 5.15. The van der Waals surface area contributed by atoms with Crippen LogP contribution in [0.25, 0.3) is 0 Å². The lowest BCUT2D eigenvalue weighted by molar-refractivity contribution is -0.156. The molecule has 1 aromatic carbocycles. The van der Waals surface area contributed by atoms with Crippen LogP contribution in [0.1, 0.15) is 38.1 Å². The van der Waals surface area contributed by atoms with Gasteiger partial charge in [-0.3, -0.25) is 4.79 Å². The van der Waals surface area contributed by atoms with E-state index in [1.54, 1.807) is 12.1 Å². The summed E-state index contributed by atoms with van der Waals surface area (Å²) in [6.45, 7) is 18.2. The Morgan fingerprint density at radius 3 is 2.62 bits per heavy atom. The molecule has 0 radical (unpaired) electrons. The molecule has 2 saturated heterocycles. The van der Waals surface area contributed by atoms with Crippen molar-refractivity contribution in [1.82, 2.24) is 5.32 Å². The molecule has 0 spiro atoms. The fourth-order valence-electron chi connectivity index (χ4n) is 3.83. The summed E-state index contributed by atoms with van der Waals surface area (Å²) in [5.74, 6) is -0.0262. The predicted octanol–water partition coefficient (Wildman–Crippen LogP) is 4.17. The number of carbonyl (C=O) groups is 1. The van der Waals surface area contributed by atoms with Crippen LogP contribution in [0.15, 0.2) is 43.0 Å². The zero-order chi connectivity index (χ0) is 21.4. The van der Waals surface area contributed by atoms with Gasteiger partial charge in [0.25, 0.3) is 5.91 Å². The van der Waals surface area contributed by atoms with Gasteiger partial charge in [0.1, 0.15) is 23.9 Å². The monoisotopic (exact) mass is 417 g/mol. The molecule has 2 fully saturated rings. The maximum absolute atomic E-state index is 12.5. The summed E-state index contributed by atoms with van der Waals surface area (Å²) < 4.78 is 19.5. The van der Waals surface area contributed by atoms with E-state index in [1.807, 2.05) is 24.3 Å². The van der Waals surface area contributed by atoms with Gasteiger partial charge in [-0.15, -0.1) is 6.58 Å². The molecule has 5 atom stereocenters. The molecule has 1 N–H and O–H groups in total. The molecule has 2 bridgehead atoms. The van der Waals surface area contributed by atoms with Crippen LogP contribution >= 0.6 is 0 Å². The van der Waals surface area contributed by atoms with Gasteiger partial charge in [0.2, 0.25) is 0 Å². The Labute approximate surface area is 175 Å². The molecule has 2 heterocycles. The summed E-state index contributed by atoms with van der Waals surface area (Å²) in [6, 6.07) is 9.22. The molecule has 1 aromatic rings. The van der Waals surface area contributed by atoms with Crippen molar-refractivity contribution in [3.8, 4) is 0 Å². The van der Waals surface area contributed by atoms with Crippen molar-refractivity contribution in [3.05, 3.63) is 48.6 Å². The Bertz CT molecular complexity index is 745. The van der Waals surface area contributed by atoms with Crippen LogP contribution < -0.4 is 5.32 Å². The second kappa shape index (κ2) is 7.98. The van der Waals surface area contributed by atoms with E-state index in [4.69, 9.17) is 13.9 Å². The van der Waals surface area contributed by atoms with Crippen molar-refractivity contribution in [2.75, 3.05) is 13.2 Å². The largest absolute Gasteiger partial charge is 0.408 e. The Balaban J connectivity index is 1.77. The molecule has 0 aromatic heterocycles. The third-order valence-electron chi connectivity index (χ3n) is 6.87. The van der Waals surface area contributed by atoms with E-state index in [1.165, 1.54) is 0 Å². The highest BCUT2D eigenvalue weighted by atomic mass is 28.4. The molecule has 0 aliphatic carbocycles. The number of rotatable bonds is 7. The standard InChI is InChI=1S/C23H35NO4Si/c1-8-16(2)23-15-26-19(20(23)28-29(6,7)22(3,4)5)18(27-23)14-24-21(25)17-12-10-9-11-13-17/h8-13,16,18-20H,1,14-15H2,2-7H3,(H,24,25)/t16-,18-,19-,20-,23+/m0/s1. The Kier molecular flexibility index (Phi) is 6.12. The third kappa shape index (κ3) is 4.08. The van der Waals surface area contributed by atoms with E-state index in [2.05, 4.69) is 52.7 Å². The Hall–Kier alpha value is -1.47. The van der Waals surface area contributed by atoms with Gasteiger partial charge in [0, 0.05) is 18.0 Å². The first kappa shape index (κ1) is 22.2. The van der Waals surface area contributed by atoms with E-state index in [9.17, 15) is 4.79 Å². The number of hydrogen-bond acceptors (Lipinski definition) is 4. The van der Waals surface area contributed by atoms with Gasteiger partial charge in [-0.05, 0) is 30.3 Å². The second-order valence-corrected chi connectivity index (χ2v) is 14.5. The van der Waals surface area contributed by atoms with Crippen LogP contribution in [0.4, 0.5) is 0 Å². The van der Waals surface area contributed by atoms with Crippen molar-refractivity contribution < 1.29 is 18.7 Å². The van der Waals surface area contributed by atoms with Crippen LogP contribution in [0, 0.1) is 5.92 Å². The minimum atomic E-state index is -2.03. The number of carbonyl (C=O) groups excluding carboxylic acids is 1. The van der Waals surface area contributed by atoms with E-state index in [0.717, 1.165) is 0 Å². The third-order valence-corrected chi connectivity index (χ3v) is 11.3. The average Bonchev–Trinajstić information content (AvgIpc) is 3.17. The SMILES string of the molecule is C=C[C@H](C)[C@@]12CO[C@@H]([C@H](CNC(=O)c3ccccc3)O1)[C@@H]2O[Si](C)(C)C(C)(C)C. The van der Waals surface area contributed by atoms with Gasteiger partial charge >= 0.3 is 0 Å². The first-order chi connectivity index (χ1) is 13.5. The Morgan fingerprint density at radius 1 is 1.38 bits per heavy atom. The minimum Gasteiger partial charge on any atom is -0.408 e. The maximum Gasteiger partial charge on any atom is 0.251 e. The molecule has 3 rings (SSSR count). The first-order valence-electron chi connectivity index (χ1n) is 10.4. The van der Waals surface area contributed by atoms with Crippen LogP contribution in [-0.2, 0) is 13.9 Å². The smallest absolute Gasteiger partial charge is 0.251 e. The minimum absolute atomic E-state index is 0.0806. The van der Waals surface area contributed by atoms with Crippen molar-refractivity contribution in [1.29, 1.82) is 0 Å². The first-order valence-corrected chi connectivity index (χ1v) is 13.4. The summed E-state index contributed by atoms with van der Waals surface area (Å²) in [5.41, 5.74) is 0.0872. The molecular weight excluding hydrogens is 382 g/mol. The van der Waals surface area contributed by atoms with Crippen molar-refractivity contribution in [2.24, 2.45) is 5.92 Å². The van der Waals surface area contributed by atoms with Crippen molar-refractivity contribution >= 4 is 14.2 Å². The lowest BCUT2D eigenvalue weighted by Gasteiger charge is -2.42. The predicted molar refractivity (Wildman–Crippen MR) is 118 cm³/mol. The topological polar surface area (TPSA) is 56.8 Å². The summed E-state index contributed by atoms with van der Waals surface area (Å²) in [5, 5.41) is 3.09. The molecule has 160 valence electrons. The van der Waals surface area contributed by atoms with Crippen LogP contribution in [-0.4, -0.2) is 51.3 Å². The van der Waals surface area contributed by atoms with Gasteiger partial charge in [0.15, 0.2) is 8.32 Å². The number of fused-ring (bicyclic) bond motifs is 2. The molecule has 0 unspecified atom stereocenters. The highest BCUT2D eigenvalue weighted by Crippen LogP contribution is 2.49. The number of hydrogen-bond donors (Lipinski definition) is 1. The highest BCUT2D eigenvalue weighted by Gasteiger charge is 2.65. The van der Waals surface area contributed by atoms with Gasteiger partial charge in [-0.2, -0.15) is 0 Å². The van der Waals surface area contributed by atoms with E-state index < -0.39 is 13.9 Å². The molecule has 5 nitrogen and oxygen atoms in total. The van der Waals surface area contributed by atoms with Crippen LogP contribution in [0.5, 0.6) is 0 Å². The lowest BCUT2D eigenvalue weighted by Crippen LogP contribution is -2.53. The zero-order valence-electron chi connectivity index (χ0n) is 18.5. The molecule has 1 amide bonds. The van der Waals surface area contributed by atoms with Crippen LogP contribution in [0.3, 0.4) is 0 Å². The quantitative estimate of drug-likeness (QED) is 0.534. The Morgan fingerprint density at radius 2 is 2.03 bits per heavy atom. The number of benzene rings is 1. The molecule has 2 aliphatic heterocycles. The molecular formula is C23H35NO4Si. The van der Waals surface area contributed by atoms with Gasteiger partial charge < -0.3 is 19.2 Å². The number of amides is 1. The summed E-state index contributed by atoms with van der Waals surface area (Å²) in [6.07, 6.45) is 1.32. The van der Waals surface area contributed by atoms with E-state index >= 15 is 0 Å². The summed E-state index contributed by atoms with van der Waals surface area (Å²) in [4.78, 5) is 12.5. The highest BCUT2D eigenvalue weighted by molar-refractivity contribution is 6.74. The lowest BCUT2D eigenvalue weighted by atomic mass is 9.86. The summed E-state index contributed by atoms with van der Waals surface area (Å²) in [7, 11) is -2.03.